The van der Waals surface area contributed by atoms with Crippen LogP contribution in [0.2, 0.25) is 0 Å². The van der Waals surface area contributed by atoms with Gasteiger partial charge in [-0.3, -0.25) is 4.98 Å². The van der Waals surface area contributed by atoms with Crippen molar-refractivity contribution >= 4 is 32.5 Å². The number of aromatic hydroxyl groups is 1. The van der Waals surface area contributed by atoms with Crippen LogP contribution in [0.4, 0.5) is 0 Å². The lowest BCUT2D eigenvalue weighted by Gasteiger charge is -2.26. The van der Waals surface area contributed by atoms with Crippen LogP contribution in [0.25, 0.3) is 82.8 Å². The number of fused-ring (bicyclic) bond motifs is 3. The van der Waals surface area contributed by atoms with E-state index in [1.807, 2.05) is 35.7 Å². The molecule has 0 bridgehead atoms. The van der Waals surface area contributed by atoms with E-state index in [1.54, 1.807) is 6.07 Å². The summed E-state index contributed by atoms with van der Waals surface area (Å²) in [6.45, 7) is 15.8. The number of nitrogens with zero attached hydrogens (tertiary/aromatic N) is 3. The minimum absolute atomic E-state index is 0.0342. The normalized spacial score (nSPS) is 12.1. The van der Waals surface area contributed by atoms with Crippen molar-refractivity contribution in [1.29, 1.82) is 0 Å². The summed E-state index contributed by atoms with van der Waals surface area (Å²) in [6.07, 6.45) is 1.92. The van der Waals surface area contributed by atoms with Gasteiger partial charge < -0.3 is 9.67 Å². The van der Waals surface area contributed by atoms with E-state index in [9.17, 15) is 5.11 Å². The van der Waals surface area contributed by atoms with Gasteiger partial charge in [0.05, 0.1) is 22.6 Å². The van der Waals surface area contributed by atoms with E-state index in [2.05, 4.69) is 174 Å². The summed E-state index contributed by atoms with van der Waals surface area (Å²) < 4.78 is 2.42. The molecule has 0 saturated carbocycles. The molecule has 9 rings (SSSR count). The second kappa shape index (κ2) is 14.3. The van der Waals surface area contributed by atoms with Gasteiger partial charge in [-0.2, -0.15) is 0 Å². The summed E-state index contributed by atoms with van der Waals surface area (Å²) >= 11 is 1.84. The van der Waals surface area contributed by atoms with Gasteiger partial charge >= 0.3 is 0 Å². The maximum atomic E-state index is 11.0. The average molecular weight is 774 g/mol. The van der Waals surface area contributed by atoms with Crippen molar-refractivity contribution in [1.82, 2.24) is 14.5 Å². The predicted octanol–water partition coefficient (Wildman–Crippen LogP) is 14.6. The number of para-hydroxylation sites is 3. The average Bonchev–Trinajstić information content (AvgIpc) is 3.75. The number of aryl methyl sites for hydroxylation is 1. The summed E-state index contributed by atoms with van der Waals surface area (Å²) in [4.78, 5) is 12.7. The lowest BCUT2D eigenvalue weighted by atomic mass is 9.79. The van der Waals surface area contributed by atoms with Gasteiger partial charge in [-0.1, -0.05) is 126 Å². The first kappa shape index (κ1) is 37.3. The monoisotopic (exact) mass is 773 g/mol. The number of hydrogen-bond acceptors (Lipinski definition) is 4. The Morgan fingerprint density at radius 2 is 1.14 bits per heavy atom. The van der Waals surface area contributed by atoms with Gasteiger partial charge in [0.15, 0.2) is 0 Å². The number of phenols is 1. The molecule has 5 aromatic carbocycles. The highest BCUT2D eigenvalue weighted by Gasteiger charge is 2.23. The largest absolute Gasteiger partial charge is 0.507 e. The third-order valence-corrected chi connectivity index (χ3v) is 12.2. The Labute approximate surface area is 345 Å². The number of hydrogen-bond donors (Lipinski definition) is 1. The summed E-state index contributed by atoms with van der Waals surface area (Å²) in [5.41, 5.74) is 14.4. The minimum Gasteiger partial charge on any atom is -0.507 e. The van der Waals surface area contributed by atoms with E-state index in [-0.39, 0.29) is 16.6 Å². The van der Waals surface area contributed by atoms with Gasteiger partial charge in [0.1, 0.15) is 10.6 Å². The summed E-state index contributed by atoms with van der Waals surface area (Å²) in [5, 5.41) is 13.6. The molecule has 4 nitrogen and oxygen atoms in total. The molecule has 286 valence electrons. The first-order valence-corrected chi connectivity index (χ1v) is 20.8. The Bertz CT molecular complexity index is 2960. The van der Waals surface area contributed by atoms with Crippen LogP contribution in [0.3, 0.4) is 0 Å². The van der Waals surface area contributed by atoms with Crippen molar-refractivity contribution in [2.75, 3.05) is 0 Å². The molecule has 4 heterocycles. The zero-order valence-electron chi connectivity index (χ0n) is 34.1. The van der Waals surface area contributed by atoms with Crippen LogP contribution < -0.4 is 0 Å². The zero-order chi connectivity index (χ0) is 40.3. The van der Waals surface area contributed by atoms with Crippen molar-refractivity contribution in [3.05, 3.63) is 168 Å². The molecule has 0 aliphatic heterocycles. The standard InChI is InChI=1S/C53H47N3OS/c1-33-25-45-43-21-14-20-42(50(43)56(51(45)58-33)41-17-9-8-10-18-41)34-23-24-54-46(29-34)35-15-13-16-36(26-35)47-30-38(31-48(55-47)44-19-11-12-22-49(44)57)37-27-39(52(2,3)4)32-40(28-37)53(5,6)7/h8-32,57H,1-7H3. The van der Waals surface area contributed by atoms with Crippen LogP contribution in [0, 0.1) is 6.92 Å². The molecular weight excluding hydrogens is 727 g/mol. The maximum absolute atomic E-state index is 11.0. The lowest BCUT2D eigenvalue weighted by molar-refractivity contribution is 0.477. The number of thiophene rings is 1. The van der Waals surface area contributed by atoms with Crippen molar-refractivity contribution in [3.8, 4) is 67.5 Å². The Morgan fingerprint density at radius 3 is 1.86 bits per heavy atom. The fourth-order valence-corrected chi connectivity index (χ4v) is 9.00. The molecular formula is C53H47N3OS. The Balaban J connectivity index is 1.18. The van der Waals surface area contributed by atoms with Gasteiger partial charge in [0.2, 0.25) is 0 Å². The molecule has 0 saturated heterocycles. The molecule has 1 N–H and O–H groups in total. The second-order valence-corrected chi connectivity index (χ2v) is 18.6. The highest BCUT2D eigenvalue weighted by atomic mass is 32.1. The summed E-state index contributed by atoms with van der Waals surface area (Å²) in [7, 11) is 0. The molecule has 0 atom stereocenters. The van der Waals surface area contributed by atoms with Gasteiger partial charge in [-0.15, -0.1) is 11.3 Å². The summed E-state index contributed by atoms with van der Waals surface area (Å²) in [6, 6.07) is 51.2. The number of phenolic OH excluding ortho intramolecular Hbond substituents is 1. The van der Waals surface area contributed by atoms with E-state index >= 15 is 0 Å². The molecule has 5 heteroatoms. The van der Waals surface area contributed by atoms with Gasteiger partial charge in [-0.05, 0) is 106 Å². The number of rotatable bonds is 6. The predicted molar refractivity (Wildman–Crippen MR) is 245 cm³/mol. The second-order valence-electron chi connectivity index (χ2n) is 17.4. The fraction of sp³-hybridized carbons (Fsp3) is 0.170. The van der Waals surface area contributed by atoms with Crippen LogP contribution in [0.5, 0.6) is 5.75 Å². The molecule has 58 heavy (non-hydrogen) atoms. The number of aromatic nitrogens is 3. The molecule has 0 aliphatic rings. The first-order chi connectivity index (χ1) is 27.8. The highest BCUT2D eigenvalue weighted by molar-refractivity contribution is 7.19. The maximum Gasteiger partial charge on any atom is 0.124 e. The number of pyridine rings is 2. The molecule has 4 aromatic heterocycles. The van der Waals surface area contributed by atoms with Crippen LogP contribution >= 0.6 is 11.3 Å². The van der Waals surface area contributed by atoms with E-state index < -0.39 is 0 Å². The lowest BCUT2D eigenvalue weighted by Crippen LogP contribution is -2.16. The molecule has 0 radical (unpaired) electrons. The van der Waals surface area contributed by atoms with Crippen LogP contribution in [-0.4, -0.2) is 19.6 Å². The van der Waals surface area contributed by atoms with Gasteiger partial charge in [0, 0.05) is 49.8 Å². The molecule has 0 spiro atoms. The van der Waals surface area contributed by atoms with Crippen LogP contribution in [0.1, 0.15) is 57.5 Å². The van der Waals surface area contributed by atoms with Crippen molar-refractivity contribution in [2.24, 2.45) is 0 Å². The van der Waals surface area contributed by atoms with E-state index in [4.69, 9.17) is 9.97 Å². The minimum atomic E-state index is -0.0342. The van der Waals surface area contributed by atoms with Gasteiger partial charge in [0.25, 0.3) is 0 Å². The zero-order valence-corrected chi connectivity index (χ0v) is 34.9. The van der Waals surface area contributed by atoms with Crippen molar-refractivity contribution < 1.29 is 5.11 Å². The van der Waals surface area contributed by atoms with Crippen LogP contribution in [-0.2, 0) is 10.8 Å². The Morgan fingerprint density at radius 1 is 0.517 bits per heavy atom. The van der Waals surface area contributed by atoms with Crippen LogP contribution in [0.15, 0.2) is 152 Å². The number of benzene rings is 5. The van der Waals surface area contributed by atoms with Crippen molar-refractivity contribution in [2.45, 2.75) is 59.3 Å². The van der Waals surface area contributed by atoms with E-state index in [0.717, 1.165) is 56.1 Å². The third kappa shape index (κ3) is 6.90. The Hall–Kier alpha value is -6.30. The SMILES string of the molecule is Cc1cc2c3cccc(-c4ccnc(-c5cccc(-c6cc(-c7cc(C(C)(C)C)cc(C(C)(C)C)c7)cc(-c7ccccc7O)n6)c5)c4)c3n(-c3ccccc3)c2s1. The van der Waals surface area contributed by atoms with E-state index in [1.165, 1.54) is 37.1 Å². The smallest absolute Gasteiger partial charge is 0.124 e. The first-order valence-electron chi connectivity index (χ1n) is 19.9. The molecule has 0 unspecified atom stereocenters. The summed E-state index contributed by atoms with van der Waals surface area (Å²) in [5.74, 6) is 0.204. The third-order valence-electron chi connectivity index (χ3n) is 11.1. The molecule has 0 amide bonds. The molecule has 0 fully saturated rings. The van der Waals surface area contributed by atoms with Gasteiger partial charge in [-0.25, -0.2) is 4.98 Å². The quantitative estimate of drug-likeness (QED) is 0.183. The topological polar surface area (TPSA) is 50.9 Å². The molecule has 9 aromatic rings. The van der Waals surface area contributed by atoms with E-state index in [0.29, 0.717) is 5.56 Å². The van der Waals surface area contributed by atoms with Crippen molar-refractivity contribution in [3.63, 3.8) is 0 Å². The Kier molecular flexibility index (Phi) is 9.17. The fourth-order valence-electron chi connectivity index (χ4n) is 7.95. The highest BCUT2D eigenvalue weighted by Crippen LogP contribution is 2.43. The molecule has 0 aliphatic carbocycles.